The van der Waals surface area contributed by atoms with Crippen LogP contribution in [-0.4, -0.2) is 24.8 Å². The summed E-state index contributed by atoms with van der Waals surface area (Å²) in [5.41, 5.74) is 2.09. The second kappa shape index (κ2) is 9.89. The summed E-state index contributed by atoms with van der Waals surface area (Å²) >= 11 is 6.15. The first-order valence-corrected chi connectivity index (χ1v) is 9.70. The number of nitrogens with one attached hydrogen (secondary N) is 1. The lowest BCUT2D eigenvalue weighted by Crippen LogP contribution is -2.43. The zero-order chi connectivity index (χ0) is 20.6. The Morgan fingerprint density at radius 2 is 1.59 bits per heavy atom. The zero-order valence-corrected chi connectivity index (χ0v) is 16.9. The highest BCUT2D eigenvalue weighted by Gasteiger charge is 2.23. The van der Waals surface area contributed by atoms with Gasteiger partial charge in [-0.15, -0.1) is 0 Å². The van der Waals surface area contributed by atoms with E-state index < -0.39 is 6.04 Å². The largest absolute Gasteiger partial charge is 0.496 e. The standard InChI is InChI=1S/C24H22ClNO3/c1-29-23-14-8-5-11-18(23)16-22(27)21(15-17-9-3-2-4-10-17)26-24(28)19-12-6-7-13-20(19)25/h2-14,21H,15-16H2,1H3,(H,26,28). The molecule has 0 aliphatic rings. The van der Waals surface area contributed by atoms with Crippen molar-refractivity contribution in [2.75, 3.05) is 7.11 Å². The lowest BCUT2D eigenvalue weighted by atomic mass is 9.97. The van der Waals surface area contributed by atoms with Gasteiger partial charge in [0.15, 0.2) is 5.78 Å². The summed E-state index contributed by atoms with van der Waals surface area (Å²) in [6.45, 7) is 0. The molecule has 29 heavy (non-hydrogen) atoms. The maximum absolute atomic E-state index is 13.1. The van der Waals surface area contributed by atoms with Crippen molar-refractivity contribution in [1.82, 2.24) is 5.32 Å². The molecule has 0 aliphatic carbocycles. The zero-order valence-electron chi connectivity index (χ0n) is 16.1. The number of ether oxygens (including phenoxy) is 1. The number of ketones is 1. The van der Waals surface area contributed by atoms with Crippen LogP contribution in [0.5, 0.6) is 5.75 Å². The third kappa shape index (κ3) is 5.46. The number of benzene rings is 3. The van der Waals surface area contributed by atoms with Crippen LogP contribution >= 0.6 is 11.6 Å². The topological polar surface area (TPSA) is 55.4 Å². The van der Waals surface area contributed by atoms with Crippen LogP contribution in [-0.2, 0) is 17.6 Å². The molecule has 0 saturated heterocycles. The molecule has 5 heteroatoms. The van der Waals surface area contributed by atoms with E-state index >= 15 is 0 Å². The monoisotopic (exact) mass is 407 g/mol. The normalized spacial score (nSPS) is 11.5. The Kier molecular flexibility index (Phi) is 7.04. The SMILES string of the molecule is COc1ccccc1CC(=O)C(Cc1ccccc1)NC(=O)c1ccccc1Cl. The van der Waals surface area contributed by atoms with Crippen LogP contribution in [0.3, 0.4) is 0 Å². The van der Waals surface area contributed by atoms with Crippen molar-refractivity contribution < 1.29 is 14.3 Å². The number of carbonyl (C=O) groups is 2. The van der Waals surface area contributed by atoms with Crippen molar-refractivity contribution in [3.8, 4) is 5.75 Å². The third-order valence-electron chi connectivity index (χ3n) is 4.65. The highest BCUT2D eigenvalue weighted by molar-refractivity contribution is 6.33. The van der Waals surface area contributed by atoms with Crippen LogP contribution in [0.2, 0.25) is 5.02 Å². The number of rotatable bonds is 8. The van der Waals surface area contributed by atoms with Gasteiger partial charge in [0, 0.05) is 12.0 Å². The van der Waals surface area contributed by atoms with E-state index in [1.54, 1.807) is 31.4 Å². The van der Waals surface area contributed by atoms with Gasteiger partial charge in [0.1, 0.15) is 5.75 Å². The molecule has 1 atom stereocenters. The molecule has 0 fully saturated rings. The van der Waals surface area contributed by atoms with E-state index in [1.165, 1.54) is 0 Å². The Hall–Kier alpha value is -3.11. The first-order valence-electron chi connectivity index (χ1n) is 9.32. The van der Waals surface area contributed by atoms with Crippen molar-refractivity contribution in [2.24, 2.45) is 0 Å². The molecular formula is C24H22ClNO3. The quantitative estimate of drug-likeness (QED) is 0.598. The van der Waals surface area contributed by atoms with Crippen molar-refractivity contribution in [3.05, 3.63) is 101 Å². The Bertz CT molecular complexity index is 988. The highest BCUT2D eigenvalue weighted by atomic mass is 35.5. The second-order valence-corrected chi connectivity index (χ2v) is 7.06. The van der Waals surface area contributed by atoms with Gasteiger partial charge in [-0.3, -0.25) is 9.59 Å². The van der Waals surface area contributed by atoms with Crippen LogP contribution in [0.1, 0.15) is 21.5 Å². The van der Waals surface area contributed by atoms with E-state index in [4.69, 9.17) is 16.3 Å². The number of Topliss-reactive ketones (excluding diaryl/α,β-unsaturated/α-hetero) is 1. The molecule has 1 N–H and O–H groups in total. The molecule has 0 aliphatic heterocycles. The van der Waals surface area contributed by atoms with Crippen LogP contribution in [0.4, 0.5) is 0 Å². The summed E-state index contributed by atoms with van der Waals surface area (Å²) in [5.74, 6) is 0.181. The number of amides is 1. The number of carbonyl (C=O) groups excluding carboxylic acids is 2. The van der Waals surface area contributed by atoms with Crippen LogP contribution < -0.4 is 10.1 Å². The van der Waals surface area contributed by atoms with Gasteiger partial charge in [0.2, 0.25) is 0 Å². The van der Waals surface area contributed by atoms with Gasteiger partial charge in [-0.2, -0.15) is 0 Å². The first kappa shape index (κ1) is 20.6. The van der Waals surface area contributed by atoms with E-state index in [0.29, 0.717) is 22.8 Å². The summed E-state index contributed by atoms with van der Waals surface area (Å²) in [4.78, 5) is 25.9. The van der Waals surface area contributed by atoms with Gasteiger partial charge in [0.25, 0.3) is 5.91 Å². The molecule has 3 aromatic carbocycles. The summed E-state index contributed by atoms with van der Waals surface area (Å²) in [6.07, 6.45) is 0.551. The van der Waals surface area contributed by atoms with Gasteiger partial charge in [-0.05, 0) is 30.2 Å². The number of methoxy groups -OCH3 is 1. The fourth-order valence-corrected chi connectivity index (χ4v) is 3.36. The predicted octanol–water partition coefficient (Wildman–Crippen LogP) is 4.50. The summed E-state index contributed by atoms with van der Waals surface area (Å²) < 4.78 is 5.35. The van der Waals surface area contributed by atoms with Gasteiger partial charge in [0.05, 0.1) is 23.7 Å². The maximum atomic E-state index is 13.1. The molecule has 0 saturated carbocycles. The van der Waals surface area contributed by atoms with Gasteiger partial charge < -0.3 is 10.1 Å². The van der Waals surface area contributed by atoms with Gasteiger partial charge in [-0.1, -0.05) is 72.3 Å². The molecule has 0 spiro atoms. The van der Waals surface area contributed by atoms with E-state index in [-0.39, 0.29) is 18.1 Å². The molecular weight excluding hydrogens is 386 g/mol. The maximum Gasteiger partial charge on any atom is 0.253 e. The minimum absolute atomic E-state index is 0.0984. The molecule has 148 valence electrons. The summed E-state index contributed by atoms with van der Waals surface area (Å²) in [6, 6.07) is 23.1. The fourth-order valence-electron chi connectivity index (χ4n) is 3.14. The summed E-state index contributed by atoms with van der Waals surface area (Å²) in [5, 5.41) is 3.21. The average molecular weight is 408 g/mol. The number of halogens is 1. The molecule has 0 bridgehead atoms. The average Bonchev–Trinajstić information content (AvgIpc) is 2.74. The van der Waals surface area contributed by atoms with E-state index in [0.717, 1.165) is 11.1 Å². The Morgan fingerprint density at radius 1 is 0.931 bits per heavy atom. The number of hydrogen-bond acceptors (Lipinski definition) is 3. The molecule has 4 nitrogen and oxygen atoms in total. The number of para-hydroxylation sites is 1. The Balaban J connectivity index is 1.83. The highest BCUT2D eigenvalue weighted by Crippen LogP contribution is 2.20. The minimum atomic E-state index is -0.689. The van der Waals surface area contributed by atoms with Crippen LogP contribution in [0.25, 0.3) is 0 Å². The molecule has 1 amide bonds. The number of hydrogen-bond donors (Lipinski definition) is 1. The molecule has 3 aromatic rings. The predicted molar refractivity (Wildman–Crippen MR) is 115 cm³/mol. The van der Waals surface area contributed by atoms with E-state index in [1.807, 2.05) is 54.6 Å². The Morgan fingerprint density at radius 3 is 2.31 bits per heavy atom. The first-order chi connectivity index (χ1) is 14.1. The van der Waals surface area contributed by atoms with E-state index in [9.17, 15) is 9.59 Å². The van der Waals surface area contributed by atoms with Crippen molar-refractivity contribution in [3.63, 3.8) is 0 Å². The fraction of sp³-hybridized carbons (Fsp3) is 0.167. The second-order valence-electron chi connectivity index (χ2n) is 6.65. The molecule has 0 heterocycles. The summed E-state index contributed by atoms with van der Waals surface area (Å²) in [7, 11) is 1.57. The van der Waals surface area contributed by atoms with Crippen molar-refractivity contribution >= 4 is 23.3 Å². The molecule has 1 unspecified atom stereocenters. The third-order valence-corrected chi connectivity index (χ3v) is 4.98. The van der Waals surface area contributed by atoms with Gasteiger partial charge in [-0.25, -0.2) is 0 Å². The smallest absolute Gasteiger partial charge is 0.253 e. The lowest BCUT2D eigenvalue weighted by Gasteiger charge is -2.19. The minimum Gasteiger partial charge on any atom is -0.496 e. The van der Waals surface area contributed by atoms with E-state index in [2.05, 4.69) is 5.32 Å². The van der Waals surface area contributed by atoms with Gasteiger partial charge >= 0.3 is 0 Å². The molecule has 0 aromatic heterocycles. The molecule has 0 radical (unpaired) electrons. The van der Waals surface area contributed by atoms with Crippen molar-refractivity contribution in [1.29, 1.82) is 0 Å². The lowest BCUT2D eigenvalue weighted by molar-refractivity contribution is -0.120. The van der Waals surface area contributed by atoms with Crippen LogP contribution in [0, 0.1) is 0 Å². The van der Waals surface area contributed by atoms with Crippen molar-refractivity contribution in [2.45, 2.75) is 18.9 Å². The molecule has 3 rings (SSSR count). The van der Waals surface area contributed by atoms with Crippen LogP contribution in [0.15, 0.2) is 78.9 Å². The Labute approximate surface area is 175 Å².